The topological polar surface area (TPSA) is 58.6 Å². The van der Waals surface area contributed by atoms with Gasteiger partial charge in [-0.1, -0.05) is 12.1 Å². The SMILES string of the molecule is Cc1ccc(-c2nc3[nH]cc(C4CC4)c(=O)c3cc2-c2ccc3ncccc3c2)s1. The number of rotatable bonds is 3. The first-order chi connectivity index (χ1) is 14.7. The number of aromatic nitrogens is 3. The van der Waals surface area contributed by atoms with E-state index >= 15 is 0 Å². The van der Waals surface area contributed by atoms with Gasteiger partial charge in [0, 0.05) is 33.8 Å². The third kappa shape index (κ3) is 2.85. The Kier molecular flexibility index (Phi) is 3.86. The molecule has 4 aromatic heterocycles. The second kappa shape index (κ2) is 6.61. The maximum Gasteiger partial charge on any atom is 0.194 e. The Bertz CT molecular complexity index is 1490. The van der Waals surface area contributed by atoms with E-state index in [9.17, 15) is 4.79 Å². The summed E-state index contributed by atoms with van der Waals surface area (Å²) < 4.78 is 0. The van der Waals surface area contributed by atoms with Crippen LogP contribution in [0.2, 0.25) is 0 Å². The lowest BCUT2D eigenvalue weighted by Gasteiger charge is -2.11. The largest absolute Gasteiger partial charge is 0.346 e. The van der Waals surface area contributed by atoms with Crippen molar-refractivity contribution in [3.63, 3.8) is 0 Å². The summed E-state index contributed by atoms with van der Waals surface area (Å²) in [4.78, 5) is 28.2. The summed E-state index contributed by atoms with van der Waals surface area (Å²) in [7, 11) is 0. The van der Waals surface area contributed by atoms with Crippen molar-refractivity contribution in [3.05, 3.63) is 81.6 Å². The molecule has 30 heavy (non-hydrogen) atoms. The van der Waals surface area contributed by atoms with Crippen LogP contribution < -0.4 is 5.43 Å². The lowest BCUT2D eigenvalue weighted by atomic mass is 9.99. The van der Waals surface area contributed by atoms with Crippen LogP contribution >= 0.6 is 11.3 Å². The molecule has 0 radical (unpaired) electrons. The molecular weight excluding hydrogens is 390 g/mol. The number of hydrogen-bond acceptors (Lipinski definition) is 4. The van der Waals surface area contributed by atoms with Gasteiger partial charge in [-0.25, -0.2) is 4.98 Å². The molecule has 0 aliphatic heterocycles. The molecule has 1 aromatic carbocycles. The molecular formula is C25H19N3OS. The molecule has 5 aromatic rings. The predicted molar refractivity (Wildman–Crippen MR) is 123 cm³/mol. The third-order valence-corrected chi connectivity index (χ3v) is 6.81. The van der Waals surface area contributed by atoms with Crippen molar-refractivity contribution >= 4 is 33.3 Å². The van der Waals surface area contributed by atoms with Crippen LogP contribution in [0.5, 0.6) is 0 Å². The Balaban J connectivity index is 1.65. The van der Waals surface area contributed by atoms with Gasteiger partial charge in [-0.2, -0.15) is 0 Å². The van der Waals surface area contributed by atoms with Gasteiger partial charge >= 0.3 is 0 Å². The van der Waals surface area contributed by atoms with Crippen LogP contribution in [-0.2, 0) is 0 Å². The highest BCUT2D eigenvalue weighted by Gasteiger charge is 2.27. The number of fused-ring (bicyclic) bond motifs is 2. The number of benzene rings is 1. The molecule has 5 heteroatoms. The molecule has 4 nitrogen and oxygen atoms in total. The molecule has 1 N–H and O–H groups in total. The second-order valence-corrected chi connectivity index (χ2v) is 9.24. The quantitative estimate of drug-likeness (QED) is 0.394. The molecule has 146 valence electrons. The minimum Gasteiger partial charge on any atom is -0.346 e. The van der Waals surface area contributed by atoms with E-state index in [0.29, 0.717) is 17.0 Å². The number of thiophene rings is 1. The zero-order chi connectivity index (χ0) is 20.2. The number of pyridine rings is 3. The summed E-state index contributed by atoms with van der Waals surface area (Å²) in [6.07, 6.45) is 5.86. The average molecular weight is 410 g/mol. The van der Waals surface area contributed by atoms with Gasteiger partial charge in [0.2, 0.25) is 0 Å². The molecule has 1 fully saturated rings. The Hall–Kier alpha value is -3.31. The number of nitrogens with zero attached hydrogens (tertiary/aromatic N) is 2. The Morgan fingerprint density at radius 2 is 2.00 bits per heavy atom. The van der Waals surface area contributed by atoms with Gasteiger partial charge in [0.05, 0.1) is 21.5 Å². The molecule has 4 heterocycles. The van der Waals surface area contributed by atoms with Crippen molar-refractivity contribution in [2.45, 2.75) is 25.7 Å². The van der Waals surface area contributed by atoms with E-state index in [0.717, 1.165) is 51.0 Å². The highest BCUT2D eigenvalue weighted by atomic mass is 32.1. The van der Waals surface area contributed by atoms with Crippen molar-refractivity contribution in [2.75, 3.05) is 0 Å². The van der Waals surface area contributed by atoms with Crippen LogP contribution in [0.1, 0.15) is 29.2 Å². The lowest BCUT2D eigenvalue weighted by molar-refractivity contribution is 1.08. The monoisotopic (exact) mass is 409 g/mol. The minimum atomic E-state index is 0.108. The van der Waals surface area contributed by atoms with Gasteiger partial charge in [-0.3, -0.25) is 9.78 Å². The number of aromatic amines is 1. The number of hydrogen-bond donors (Lipinski definition) is 1. The Labute approximate surface area is 177 Å². The molecule has 1 aliphatic rings. The van der Waals surface area contributed by atoms with Crippen LogP contribution in [0.4, 0.5) is 0 Å². The van der Waals surface area contributed by atoms with Gasteiger partial charge in [-0.15, -0.1) is 11.3 Å². The number of H-pyrrole nitrogens is 1. The predicted octanol–water partition coefficient (Wildman–Crippen LogP) is 6.05. The molecule has 1 saturated carbocycles. The first-order valence-corrected chi connectivity index (χ1v) is 11.0. The summed E-state index contributed by atoms with van der Waals surface area (Å²) in [5.74, 6) is 0.396. The molecule has 1 aliphatic carbocycles. The van der Waals surface area contributed by atoms with Gasteiger partial charge in [0.15, 0.2) is 5.43 Å². The first-order valence-electron chi connectivity index (χ1n) is 10.2. The van der Waals surface area contributed by atoms with Gasteiger partial charge in [0.1, 0.15) is 5.65 Å². The summed E-state index contributed by atoms with van der Waals surface area (Å²) in [5, 5.41) is 1.74. The zero-order valence-electron chi connectivity index (χ0n) is 16.5. The Morgan fingerprint density at radius 3 is 2.80 bits per heavy atom. The molecule has 0 unspecified atom stereocenters. The van der Waals surface area contributed by atoms with Crippen molar-refractivity contribution in [1.82, 2.24) is 15.0 Å². The lowest BCUT2D eigenvalue weighted by Crippen LogP contribution is -2.10. The van der Waals surface area contributed by atoms with Crippen LogP contribution in [-0.4, -0.2) is 15.0 Å². The normalized spacial score (nSPS) is 13.9. The summed E-state index contributed by atoms with van der Waals surface area (Å²) in [6, 6.07) is 16.5. The van der Waals surface area contributed by atoms with Crippen molar-refractivity contribution in [2.24, 2.45) is 0 Å². The van der Waals surface area contributed by atoms with Gasteiger partial charge < -0.3 is 4.98 Å². The van der Waals surface area contributed by atoms with Crippen molar-refractivity contribution in [1.29, 1.82) is 0 Å². The Morgan fingerprint density at radius 1 is 1.10 bits per heavy atom. The number of aryl methyl sites for hydroxylation is 1. The van der Waals surface area contributed by atoms with Crippen LogP contribution in [0.25, 0.3) is 43.6 Å². The first kappa shape index (κ1) is 17.5. The smallest absolute Gasteiger partial charge is 0.194 e. The van der Waals surface area contributed by atoms with Gasteiger partial charge in [0.25, 0.3) is 0 Å². The molecule has 0 bridgehead atoms. The average Bonchev–Trinajstić information content (AvgIpc) is 3.52. The fourth-order valence-corrected chi connectivity index (χ4v) is 4.95. The fraction of sp³-hybridized carbons (Fsp3) is 0.160. The van der Waals surface area contributed by atoms with E-state index in [2.05, 4.69) is 47.2 Å². The molecule has 0 amide bonds. The van der Waals surface area contributed by atoms with Crippen molar-refractivity contribution < 1.29 is 0 Å². The molecule has 6 rings (SSSR count). The van der Waals surface area contributed by atoms with Gasteiger partial charge in [-0.05, 0) is 67.6 Å². The molecule has 0 spiro atoms. The van der Waals surface area contributed by atoms with E-state index in [1.54, 1.807) is 17.5 Å². The van der Waals surface area contributed by atoms with E-state index < -0.39 is 0 Å². The third-order valence-electron chi connectivity index (χ3n) is 5.80. The standard InChI is InChI=1S/C25H19N3OS/c1-14-4-9-22(30-14)23-18(16-7-8-21-17(11-16)3-2-10-26-21)12-19-24(29)20(15-5-6-15)13-27-25(19)28-23/h2-4,7-13,15H,5-6H2,1H3,(H,27,28,29). The summed E-state index contributed by atoms with van der Waals surface area (Å²) >= 11 is 1.72. The number of nitrogens with one attached hydrogen (secondary N) is 1. The molecule has 0 atom stereocenters. The zero-order valence-corrected chi connectivity index (χ0v) is 17.3. The molecule has 0 saturated heterocycles. The van der Waals surface area contributed by atoms with E-state index in [1.165, 1.54) is 4.88 Å². The summed E-state index contributed by atoms with van der Waals surface area (Å²) in [6.45, 7) is 2.10. The van der Waals surface area contributed by atoms with Crippen LogP contribution in [0.3, 0.4) is 0 Å². The minimum absolute atomic E-state index is 0.108. The van der Waals surface area contributed by atoms with E-state index in [4.69, 9.17) is 4.98 Å². The second-order valence-electron chi connectivity index (χ2n) is 7.95. The highest BCUT2D eigenvalue weighted by Crippen LogP contribution is 2.40. The van der Waals surface area contributed by atoms with Crippen molar-refractivity contribution in [3.8, 4) is 21.7 Å². The highest BCUT2D eigenvalue weighted by molar-refractivity contribution is 7.15. The van der Waals surface area contributed by atoms with Crippen LogP contribution in [0, 0.1) is 6.92 Å². The van der Waals surface area contributed by atoms with Crippen LogP contribution in [0.15, 0.2) is 65.7 Å². The van der Waals surface area contributed by atoms with E-state index in [1.807, 2.05) is 24.4 Å². The maximum atomic E-state index is 13.2. The summed E-state index contributed by atoms with van der Waals surface area (Å²) in [5.41, 5.74) is 5.53. The maximum absolute atomic E-state index is 13.2. The van der Waals surface area contributed by atoms with E-state index in [-0.39, 0.29) is 5.43 Å². The fourth-order valence-electron chi connectivity index (χ4n) is 4.07.